The lowest BCUT2D eigenvalue weighted by Gasteiger charge is -1.99. The Labute approximate surface area is 77.8 Å². The average molecular weight is 191 g/mol. The monoisotopic (exact) mass is 191 g/mol. The predicted octanol–water partition coefficient (Wildman–Crippen LogP) is 1.46. The molecule has 2 nitrogen and oxygen atoms in total. The Morgan fingerprint density at radius 1 is 1.31 bits per heavy atom. The molecule has 0 saturated carbocycles. The van der Waals surface area contributed by atoms with Gasteiger partial charge in [0.1, 0.15) is 0 Å². The Morgan fingerprint density at radius 3 is 2.85 bits per heavy atom. The highest BCUT2D eigenvalue weighted by molar-refractivity contribution is 7.45. The first-order valence-electron chi connectivity index (χ1n) is 4.11. The number of hydrogen-bond donors (Lipinski definition) is 1. The largest absolute Gasteiger partial charge is 0.322 e. The maximum Gasteiger partial charge on any atom is 0.256 e. The van der Waals surface area contributed by atoms with Crippen LogP contribution in [0, 0.1) is 0 Å². The minimum atomic E-state index is 0.0162. The summed E-state index contributed by atoms with van der Waals surface area (Å²) in [5.41, 5.74) is 1.03. The van der Waals surface area contributed by atoms with E-state index in [2.05, 4.69) is 11.6 Å². The summed E-state index contributed by atoms with van der Waals surface area (Å²) < 4.78 is 0. The first-order valence-corrected chi connectivity index (χ1v) is 5.61. The van der Waals surface area contributed by atoms with E-state index in [9.17, 15) is 4.79 Å². The van der Waals surface area contributed by atoms with Crippen molar-refractivity contribution in [2.45, 2.75) is 0 Å². The van der Waals surface area contributed by atoms with E-state index in [1.54, 1.807) is 0 Å². The third-order valence-electron chi connectivity index (χ3n) is 2.02. The fraction of sp³-hybridized carbons (Fsp3) is 0.100. The summed E-state index contributed by atoms with van der Waals surface area (Å²) in [4.78, 5) is 14.4. The fourth-order valence-electron chi connectivity index (χ4n) is 1.35. The number of pyridine rings is 1. The molecule has 0 aliphatic heterocycles. The summed E-state index contributed by atoms with van der Waals surface area (Å²) in [6, 6.07) is 9.68. The Bertz CT molecular complexity index is 489. The predicted molar refractivity (Wildman–Crippen MR) is 58.4 cm³/mol. The van der Waals surface area contributed by atoms with Gasteiger partial charge in [-0.1, -0.05) is 26.8 Å². The van der Waals surface area contributed by atoms with Crippen LogP contribution in [0.4, 0.5) is 0 Å². The zero-order valence-corrected chi connectivity index (χ0v) is 8.29. The van der Waals surface area contributed by atoms with Crippen molar-refractivity contribution in [3.05, 3.63) is 40.7 Å². The molecule has 1 aromatic carbocycles. The molecule has 0 saturated heterocycles. The summed E-state index contributed by atoms with van der Waals surface area (Å²) >= 11 is 0. The minimum absolute atomic E-state index is 0.0162. The van der Waals surface area contributed by atoms with Crippen LogP contribution in [0.3, 0.4) is 0 Å². The molecular weight excluding hydrogens is 181 g/mol. The van der Waals surface area contributed by atoms with Gasteiger partial charge in [-0.2, -0.15) is 0 Å². The Balaban J connectivity index is 2.85. The van der Waals surface area contributed by atoms with Crippen molar-refractivity contribution >= 4 is 24.8 Å². The molecule has 1 heterocycles. The highest BCUT2D eigenvalue weighted by Crippen LogP contribution is 2.09. The van der Waals surface area contributed by atoms with Gasteiger partial charge in [0.05, 0.1) is 0 Å². The van der Waals surface area contributed by atoms with Gasteiger partial charge in [0, 0.05) is 10.8 Å². The number of benzene rings is 1. The molecule has 2 aromatic rings. The quantitative estimate of drug-likeness (QED) is 0.680. The molecule has 0 amide bonds. The second-order valence-corrected chi connectivity index (χ2v) is 3.89. The fourth-order valence-corrected chi connectivity index (χ4v) is 1.88. The van der Waals surface area contributed by atoms with Crippen LogP contribution in [0.25, 0.3) is 10.8 Å². The van der Waals surface area contributed by atoms with Crippen molar-refractivity contribution in [2.75, 3.05) is 6.66 Å². The van der Waals surface area contributed by atoms with Crippen LogP contribution in [0.1, 0.15) is 0 Å². The van der Waals surface area contributed by atoms with E-state index >= 15 is 0 Å². The van der Waals surface area contributed by atoms with Crippen LogP contribution in [0.5, 0.6) is 0 Å². The number of rotatable bonds is 1. The lowest BCUT2D eigenvalue weighted by atomic mass is 10.2. The molecule has 1 unspecified atom stereocenters. The van der Waals surface area contributed by atoms with E-state index in [4.69, 9.17) is 0 Å². The third-order valence-corrected chi connectivity index (χ3v) is 2.83. The standard InChI is InChI=1S/C10H10NOP/c1-13-9-6-7-4-2-3-5-8(7)10(12)11-9/h2-6,13H,1H3,(H,11,12). The molecule has 0 aliphatic carbocycles. The molecule has 0 bridgehead atoms. The Hall–Kier alpha value is -1.14. The molecule has 1 aromatic heterocycles. The lowest BCUT2D eigenvalue weighted by molar-refractivity contribution is 1.33. The number of nitrogens with one attached hydrogen (secondary N) is 1. The maximum atomic E-state index is 11.5. The van der Waals surface area contributed by atoms with Gasteiger partial charge in [0.15, 0.2) is 0 Å². The summed E-state index contributed by atoms with van der Waals surface area (Å²) in [7, 11) is 0.634. The van der Waals surface area contributed by atoms with Gasteiger partial charge >= 0.3 is 0 Å². The van der Waals surface area contributed by atoms with E-state index in [-0.39, 0.29) is 5.56 Å². The molecule has 2 rings (SSSR count). The van der Waals surface area contributed by atoms with Crippen LogP contribution in [0.2, 0.25) is 0 Å². The third kappa shape index (κ3) is 1.50. The van der Waals surface area contributed by atoms with E-state index in [0.717, 1.165) is 16.2 Å². The van der Waals surface area contributed by atoms with E-state index in [1.807, 2.05) is 30.3 Å². The van der Waals surface area contributed by atoms with Crippen molar-refractivity contribution in [1.29, 1.82) is 0 Å². The molecule has 0 spiro atoms. The highest BCUT2D eigenvalue weighted by atomic mass is 31.1. The van der Waals surface area contributed by atoms with Crippen molar-refractivity contribution in [3.8, 4) is 0 Å². The van der Waals surface area contributed by atoms with Crippen LogP contribution in [0.15, 0.2) is 35.1 Å². The maximum absolute atomic E-state index is 11.5. The molecule has 0 fully saturated rings. The van der Waals surface area contributed by atoms with Crippen LogP contribution in [-0.4, -0.2) is 11.6 Å². The first kappa shape index (κ1) is 8.46. The van der Waals surface area contributed by atoms with Crippen molar-refractivity contribution < 1.29 is 0 Å². The molecule has 13 heavy (non-hydrogen) atoms. The molecule has 3 heteroatoms. The topological polar surface area (TPSA) is 32.9 Å². The minimum Gasteiger partial charge on any atom is -0.322 e. The summed E-state index contributed by atoms with van der Waals surface area (Å²) in [5.74, 6) is 0. The zero-order chi connectivity index (χ0) is 9.26. The van der Waals surface area contributed by atoms with E-state index in [1.165, 1.54) is 0 Å². The van der Waals surface area contributed by atoms with Gasteiger partial charge in [-0.15, -0.1) is 0 Å². The Morgan fingerprint density at radius 2 is 2.08 bits per heavy atom. The second kappa shape index (κ2) is 3.31. The number of aromatic amines is 1. The molecule has 0 aliphatic rings. The van der Waals surface area contributed by atoms with Gasteiger partial charge in [0.2, 0.25) is 0 Å². The van der Waals surface area contributed by atoms with Gasteiger partial charge in [-0.05, 0) is 24.2 Å². The van der Waals surface area contributed by atoms with E-state index < -0.39 is 0 Å². The smallest absolute Gasteiger partial charge is 0.256 e. The van der Waals surface area contributed by atoms with Crippen molar-refractivity contribution in [3.63, 3.8) is 0 Å². The lowest BCUT2D eigenvalue weighted by Crippen LogP contribution is -2.15. The van der Waals surface area contributed by atoms with Crippen LogP contribution < -0.4 is 11.0 Å². The highest BCUT2D eigenvalue weighted by Gasteiger charge is 1.98. The normalized spacial score (nSPS) is 11.5. The Kier molecular flexibility index (Phi) is 2.15. The SMILES string of the molecule is CPc1cc2ccccc2c(=O)[nH]1. The first-order chi connectivity index (χ1) is 6.31. The van der Waals surface area contributed by atoms with Crippen LogP contribution in [-0.2, 0) is 0 Å². The number of H-pyrrole nitrogens is 1. The second-order valence-electron chi connectivity index (χ2n) is 2.85. The molecular formula is C10H10NOP. The molecule has 1 N–H and O–H groups in total. The number of fused-ring (bicyclic) bond motifs is 1. The average Bonchev–Trinajstić information content (AvgIpc) is 2.18. The number of aromatic nitrogens is 1. The summed E-state index contributed by atoms with van der Waals surface area (Å²) in [6.07, 6.45) is 0. The number of hydrogen-bond acceptors (Lipinski definition) is 1. The van der Waals surface area contributed by atoms with Gasteiger partial charge in [-0.3, -0.25) is 4.79 Å². The molecule has 0 radical (unpaired) electrons. The molecule has 66 valence electrons. The van der Waals surface area contributed by atoms with Gasteiger partial charge in [0.25, 0.3) is 5.56 Å². The summed E-state index contributed by atoms with van der Waals surface area (Å²) in [6.45, 7) is 2.06. The van der Waals surface area contributed by atoms with Crippen molar-refractivity contribution in [1.82, 2.24) is 4.98 Å². The van der Waals surface area contributed by atoms with Crippen molar-refractivity contribution in [2.24, 2.45) is 0 Å². The molecule has 1 atom stereocenters. The van der Waals surface area contributed by atoms with Gasteiger partial charge in [-0.25, -0.2) is 0 Å². The van der Waals surface area contributed by atoms with Crippen LogP contribution >= 0.6 is 8.58 Å². The summed E-state index contributed by atoms with van der Waals surface area (Å²) in [5, 5.41) is 1.79. The van der Waals surface area contributed by atoms with Gasteiger partial charge < -0.3 is 4.98 Å². The van der Waals surface area contributed by atoms with E-state index in [0.29, 0.717) is 8.58 Å². The zero-order valence-electron chi connectivity index (χ0n) is 7.29.